The summed E-state index contributed by atoms with van der Waals surface area (Å²) < 4.78 is 8.07. The third-order valence-electron chi connectivity index (χ3n) is 3.16. The maximum absolute atomic E-state index is 12.3. The smallest absolute Gasteiger partial charge is 0.270 e. The van der Waals surface area contributed by atoms with Crippen LogP contribution in [0, 0.1) is 0 Å². The standard InChI is InChI=1S/C13H19BrN2O2/c1-15(6-3-7-18-2)13(17)12-8-10(14)9-16(12)11-4-5-11/h8-9,11H,3-7H2,1-2H3. The molecule has 18 heavy (non-hydrogen) atoms. The molecule has 0 spiro atoms. The SMILES string of the molecule is COCCCN(C)C(=O)c1cc(Br)cn1C1CC1. The quantitative estimate of drug-likeness (QED) is 0.757. The molecule has 0 aliphatic heterocycles. The van der Waals surface area contributed by atoms with Gasteiger partial charge in [0.2, 0.25) is 0 Å². The normalized spacial score (nSPS) is 14.8. The maximum Gasteiger partial charge on any atom is 0.270 e. The van der Waals surface area contributed by atoms with Crippen LogP contribution in [-0.4, -0.2) is 42.7 Å². The summed E-state index contributed by atoms with van der Waals surface area (Å²) in [5, 5.41) is 0. The fourth-order valence-corrected chi connectivity index (χ4v) is 2.45. The van der Waals surface area contributed by atoms with E-state index in [0.29, 0.717) is 12.6 Å². The first-order valence-electron chi connectivity index (χ1n) is 6.25. The highest BCUT2D eigenvalue weighted by Crippen LogP contribution is 2.37. The average Bonchev–Trinajstić information content (AvgIpc) is 3.12. The van der Waals surface area contributed by atoms with Crippen molar-refractivity contribution in [2.75, 3.05) is 27.3 Å². The Morgan fingerprint density at radius 1 is 1.61 bits per heavy atom. The first-order valence-corrected chi connectivity index (χ1v) is 7.04. The topological polar surface area (TPSA) is 34.5 Å². The van der Waals surface area contributed by atoms with Gasteiger partial charge in [0.05, 0.1) is 0 Å². The molecule has 0 unspecified atom stereocenters. The fraction of sp³-hybridized carbons (Fsp3) is 0.615. The molecule has 4 nitrogen and oxygen atoms in total. The van der Waals surface area contributed by atoms with Crippen LogP contribution in [0.5, 0.6) is 0 Å². The van der Waals surface area contributed by atoms with E-state index in [1.165, 1.54) is 12.8 Å². The third-order valence-corrected chi connectivity index (χ3v) is 3.60. The van der Waals surface area contributed by atoms with Gasteiger partial charge in [-0.1, -0.05) is 0 Å². The Labute approximate surface area is 116 Å². The molecule has 1 aliphatic carbocycles. The van der Waals surface area contributed by atoms with E-state index in [4.69, 9.17) is 4.74 Å². The highest BCUT2D eigenvalue weighted by Gasteiger charge is 2.28. The summed E-state index contributed by atoms with van der Waals surface area (Å²) in [6.07, 6.45) is 5.22. The second-order valence-corrected chi connectivity index (χ2v) is 5.67. The van der Waals surface area contributed by atoms with E-state index in [1.54, 1.807) is 12.0 Å². The Bertz CT molecular complexity index is 427. The number of hydrogen-bond acceptors (Lipinski definition) is 2. The van der Waals surface area contributed by atoms with Crippen molar-refractivity contribution in [1.29, 1.82) is 0 Å². The van der Waals surface area contributed by atoms with Gasteiger partial charge in [-0.15, -0.1) is 0 Å². The van der Waals surface area contributed by atoms with Gasteiger partial charge in [-0.25, -0.2) is 0 Å². The van der Waals surface area contributed by atoms with Crippen molar-refractivity contribution < 1.29 is 9.53 Å². The van der Waals surface area contributed by atoms with Crippen molar-refractivity contribution in [2.24, 2.45) is 0 Å². The summed E-state index contributed by atoms with van der Waals surface area (Å²) in [6, 6.07) is 2.43. The highest BCUT2D eigenvalue weighted by molar-refractivity contribution is 9.10. The lowest BCUT2D eigenvalue weighted by Crippen LogP contribution is -2.30. The van der Waals surface area contributed by atoms with E-state index < -0.39 is 0 Å². The molecule has 1 aromatic heterocycles. The average molecular weight is 315 g/mol. The van der Waals surface area contributed by atoms with E-state index in [0.717, 1.165) is 23.1 Å². The van der Waals surface area contributed by atoms with Gasteiger partial charge in [-0.05, 0) is 41.3 Å². The van der Waals surface area contributed by atoms with Crippen LogP contribution < -0.4 is 0 Å². The Balaban J connectivity index is 2.03. The van der Waals surface area contributed by atoms with Gasteiger partial charge in [0.15, 0.2) is 0 Å². The number of carbonyl (C=O) groups is 1. The summed E-state index contributed by atoms with van der Waals surface area (Å²) in [5.74, 6) is 0.0868. The molecule has 0 aromatic carbocycles. The molecule has 2 rings (SSSR count). The molecular formula is C13H19BrN2O2. The molecule has 100 valence electrons. The lowest BCUT2D eigenvalue weighted by molar-refractivity contribution is 0.0768. The van der Waals surface area contributed by atoms with Gasteiger partial charge < -0.3 is 14.2 Å². The molecule has 5 heteroatoms. The minimum Gasteiger partial charge on any atom is -0.385 e. The fourth-order valence-electron chi connectivity index (χ4n) is 2.01. The van der Waals surface area contributed by atoms with Gasteiger partial charge >= 0.3 is 0 Å². The second-order valence-electron chi connectivity index (χ2n) is 4.76. The van der Waals surface area contributed by atoms with E-state index in [-0.39, 0.29) is 5.91 Å². The monoisotopic (exact) mass is 314 g/mol. The minimum atomic E-state index is 0.0868. The van der Waals surface area contributed by atoms with Crippen molar-refractivity contribution in [3.8, 4) is 0 Å². The van der Waals surface area contributed by atoms with Crippen LogP contribution in [0.3, 0.4) is 0 Å². The van der Waals surface area contributed by atoms with Crippen molar-refractivity contribution >= 4 is 21.8 Å². The molecule has 0 bridgehead atoms. The van der Waals surface area contributed by atoms with Gasteiger partial charge in [-0.3, -0.25) is 4.79 Å². The summed E-state index contributed by atoms with van der Waals surface area (Å²) >= 11 is 3.45. The number of ether oxygens (including phenoxy) is 1. The van der Waals surface area contributed by atoms with E-state index in [9.17, 15) is 4.79 Å². The number of nitrogens with zero attached hydrogens (tertiary/aromatic N) is 2. The largest absolute Gasteiger partial charge is 0.385 e. The van der Waals surface area contributed by atoms with Crippen LogP contribution in [-0.2, 0) is 4.74 Å². The third kappa shape index (κ3) is 3.14. The number of methoxy groups -OCH3 is 1. The molecule has 1 amide bonds. The van der Waals surface area contributed by atoms with Crippen LogP contribution in [0.25, 0.3) is 0 Å². The summed E-state index contributed by atoms with van der Waals surface area (Å²) in [6.45, 7) is 1.41. The van der Waals surface area contributed by atoms with E-state index >= 15 is 0 Å². The van der Waals surface area contributed by atoms with E-state index in [1.807, 2.05) is 19.3 Å². The molecule has 1 heterocycles. The summed E-state index contributed by atoms with van der Waals surface area (Å²) in [7, 11) is 3.52. The number of amides is 1. The molecule has 0 atom stereocenters. The van der Waals surface area contributed by atoms with Crippen LogP contribution in [0.15, 0.2) is 16.7 Å². The van der Waals surface area contributed by atoms with Crippen LogP contribution in [0.2, 0.25) is 0 Å². The van der Waals surface area contributed by atoms with Crippen LogP contribution in [0.4, 0.5) is 0 Å². The molecule has 1 saturated carbocycles. The second kappa shape index (κ2) is 5.89. The van der Waals surface area contributed by atoms with Gasteiger partial charge in [0.25, 0.3) is 5.91 Å². The van der Waals surface area contributed by atoms with Crippen molar-refractivity contribution in [1.82, 2.24) is 9.47 Å². The predicted octanol–water partition coefficient (Wildman–Crippen LogP) is 2.69. The molecule has 1 aliphatic rings. The zero-order valence-electron chi connectivity index (χ0n) is 10.9. The van der Waals surface area contributed by atoms with Gasteiger partial charge in [0, 0.05) is 44.0 Å². The highest BCUT2D eigenvalue weighted by atomic mass is 79.9. The molecule has 1 fully saturated rings. The zero-order chi connectivity index (χ0) is 13.1. The van der Waals surface area contributed by atoms with Gasteiger partial charge in [-0.2, -0.15) is 0 Å². The number of hydrogen-bond donors (Lipinski definition) is 0. The first kappa shape index (κ1) is 13.6. The molecule has 0 N–H and O–H groups in total. The zero-order valence-corrected chi connectivity index (χ0v) is 12.4. The number of aromatic nitrogens is 1. The Kier molecular flexibility index (Phi) is 4.45. The molecule has 0 saturated heterocycles. The number of carbonyl (C=O) groups excluding carboxylic acids is 1. The van der Waals surface area contributed by atoms with Crippen molar-refractivity contribution in [3.05, 3.63) is 22.4 Å². The lowest BCUT2D eigenvalue weighted by atomic mass is 10.3. The van der Waals surface area contributed by atoms with E-state index in [2.05, 4.69) is 20.5 Å². The molecule has 0 radical (unpaired) electrons. The number of rotatable bonds is 6. The van der Waals surface area contributed by atoms with Crippen LogP contribution in [0.1, 0.15) is 35.8 Å². The van der Waals surface area contributed by atoms with Crippen molar-refractivity contribution in [2.45, 2.75) is 25.3 Å². The Hall–Kier alpha value is -0.810. The minimum absolute atomic E-state index is 0.0868. The Morgan fingerprint density at radius 2 is 2.33 bits per heavy atom. The van der Waals surface area contributed by atoms with Crippen molar-refractivity contribution in [3.63, 3.8) is 0 Å². The number of halogens is 1. The maximum atomic E-state index is 12.3. The predicted molar refractivity (Wildman–Crippen MR) is 73.9 cm³/mol. The molecule has 1 aromatic rings. The Morgan fingerprint density at radius 3 is 2.94 bits per heavy atom. The lowest BCUT2D eigenvalue weighted by Gasteiger charge is -2.18. The molecular weight excluding hydrogens is 296 g/mol. The first-order chi connectivity index (χ1) is 8.63. The van der Waals surface area contributed by atoms with Crippen LogP contribution >= 0.6 is 15.9 Å². The summed E-state index contributed by atoms with van der Waals surface area (Å²) in [5.41, 5.74) is 0.782. The van der Waals surface area contributed by atoms with Gasteiger partial charge in [0.1, 0.15) is 5.69 Å². The summed E-state index contributed by atoms with van der Waals surface area (Å²) in [4.78, 5) is 14.1.